The highest BCUT2D eigenvalue weighted by atomic mass is 16.5. The van der Waals surface area contributed by atoms with Gasteiger partial charge in [-0.3, -0.25) is 0 Å². The van der Waals surface area contributed by atoms with Crippen molar-refractivity contribution in [1.29, 1.82) is 0 Å². The molecule has 0 heterocycles. The van der Waals surface area contributed by atoms with Gasteiger partial charge in [0.1, 0.15) is 0 Å². The van der Waals surface area contributed by atoms with Gasteiger partial charge in [0.2, 0.25) is 0 Å². The molecule has 0 atom stereocenters. The van der Waals surface area contributed by atoms with E-state index >= 15 is 0 Å². The molecule has 0 unspecified atom stereocenters. The van der Waals surface area contributed by atoms with Gasteiger partial charge in [0.15, 0.2) is 0 Å². The number of ether oxygens (including phenoxy) is 2. The Morgan fingerprint density at radius 1 is 0.579 bits per heavy atom. The summed E-state index contributed by atoms with van der Waals surface area (Å²) in [5, 5.41) is 23.9. The van der Waals surface area contributed by atoms with Crippen LogP contribution in [0.5, 0.6) is 0 Å². The van der Waals surface area contributed by atoms with Crippen molar-refractivity contribution in [2.45, 2.75) is 26.7 Å². The van der Waals surface area contributed by atoms with Crippen molar-refractivity contribution in [3.05, 3.63) is 106 Å². The van der Waals surface area contributed by atoms with Gasteiger partial charge in [0.05, 0.1) is 36.5 Å². The lowest BCUT2D eigenvalue weighted by Gasteiger charge is -2.03. The van der Waals surface area contributed by atoms with E-state index in [-0.39, 0.29) is 11.1 Å². The largest absolute Gasteiger partial charge is 0.478 e. The first-order chi connectivity index (χ1) is 18.0. The van der Waals surface area contributed by atoms with Crippen molar-refractivity contribution >= 4 is 23.9 Å². The molecule has 0 saturated carbocycles. The van der Waals surface area contributed by atoms with Gasteiger partial charge in [-0.25, -0.2) is 19.2 Å². The number of aliphatic hydroxyl groups excluding tert-OH is 1. The van der Waals surface area contributed by atoms with Crippen molar-refractivity contribution < 1.29 is 44.0 Å². The van der Waals surface area contributed by atoms with Gasteiger partial charge in [-0.05, 0) is 66.9 Å². The highest BCUT2D eigenvalue weighted by molar-refractivity contribution is 5.93. The van der Waals surface area contributed by atoms with Crippen LogP contribution in [0.1, 0.15) is 72.3 Å². The quantitative estimate of drug-likeness (QED) is 0.388. The van der Waals surface area contributed by atoms with Gasteiger partial charge in [-0.15, -0.1) is 0 Å². The fraction of sp³-hybridized carbons (Fsp3) is 0.241. The van der Waals surface area contributed by atoms with Crippen LogP contribution in [0.4, 0.5) is 0 Å². The Morgan fingerprint density at radius 2 is 0.868 bits per heavy atom. The Bertz CT molecular complexity index is 1080. The van der Waals surface area contributed by atoms with E-state index in [4.69, 9.17) is 15.3 Å². The number of hydrogen-bond donors (Lipinski definition) is 3. The summed E-state index contributed by atoms with van der Waals surface area (Å²) in [4.78, 5) is 42.7. The number of aliphatic hydroxyl groups is 1. The first-order valence-electron chi connectivity index (χ1n) is 11.3. The second-order valence-electron chi connectivity index (χ2n) is 7.81. The molecule has 3 aromatic carbocycles. The minimum Gasteiger partial charge on any atom is -0.478 e. The summed E-state index contributed by atoms with van der Waals surface area (Å²) < 4.78 is 9.02. The minimum absolute atomic E-state index is 0.0833. The van der Waals surface area contributed by atoms with E-state index in [0.29, 0.717) is 17.0 Å². The maximum Gasteiger partial charge on any atom is 0.337 e. The molecule has 0 spiro atoms. The molecular weight excluding hydrogens is 492 g/mol. The third-order valence-electron chi connectivity index (χ3n) is 4.85. The van der Waals surface area contributed by atoms with Crippen LogP contribution in [-0.4, -0.2) is 60.5 Å². The van der Waals surface area contributed by atoms with Gasteiger partial charge in [-0.1, -0.05) is 43.7 Å². The van der Waals surface area contributed by atoms with E-state index in [1.807, 2.05) is 0 Å². The van der Waals surface area contributed by atoms with Crippen molar-refractivity contribution in [1.82, 2.24) is 0 Å². The monoisotopic (exact) mass is 526 g/mol. The molecular formula is C29H34O9. The summed E-state index contributed by atoms with van der Waals surface area (Å²) in [6, 6.07) is 19.8. The maximum atomic E-state index is 11.0. The zero-order chi connectivity index (χ0) is 29.3. The maximum absolute atomic E-state index is 11.0. The third-order valence-corrected chi connectivity index (χ3v) is 4.85. The predicted octanol–water partition coefficient (Wildman–Crippen LogP) is 5.07. The molecule has 0 radical (unpaired) electrons. The molecule has 0 aromatic heterocycles. The van der Waals surface area contributed by atoms with Crippen LogP contribution >= 0.6 is 0 Å². The van der Waals surface area contributed by atoms with E-state index in [1.54, 1.807) is 0 Å². The molecule has 204 valence electrons. The fourth-order valence-electron chi connectivity index (χ4n) is 2.68. The van der Waals surface area contributed by atoms with Crippen molar-refractivity contribution in [2.75, 3.05) is 21.3 Å². The number of carbonyl (C=O) groups is 4. The van der Waals surface area contributed by atoms with E-state index < -0.39 is 23.9 Å². The summed E-state index contributed by atoms with van der Waals surface area (Å²) >= 11 is 0. The minimum atomic E-state index is -1.06. The highest BCUT2D eigenvalue weighted by Crippen LogP contribution is 2.13. The van der Waals surface area contributed by atoms with Gasteiger partial charge >= 0.3 is 23.9 Å². The molecule has 3 N–H and O–H groups in total. The number of carboxylic acids is 2. The van der Waals surface area contributed by atoms with Crippen LogP contribution in [0.25, 0.3) is 0 Å². The number of carbonyl (C=O) groups excluding carboxylic acids is 2. The zero-order valence-corrected chi connectivity index (χ0v) is 22.3. The number of methoxy groups -OCH3 is 2. The fourth-order valence-corrected chi connectivity index (χ4v) is 2.68. The average Bonchev–Trinajstić information content (AvgIpc) is 2.94. The zero-order valence-electron chi connectivity index (χ0n) is 22.3. The van der Waals surface area contributed by atoms with Crippen LogP contribution in [0.15, 0.2) is 72.8 Å². The Morgan fingerprint density at radius 3 is 1.11 bits per heavy atom. The van der Waals surface area contributed by atoms with Crippen LogP contribution in [0.2, 0.25) is 0 Å². The molecule has 3 aromatic rings. The standard InChI is InChI=1S/C10H10O4.C10H14.C8H6O4.CH4O/c1-13-9(11)7-3-5-8(6-4-7)10(12)14-2;1-8(2)10-6-4-9(3)5-7-10;9-7(10)5-1-2-6(4-3-5)8(11)12;1-2/h3-6H,1-2H3;4-8H,1-3H3;1-4H,(H,9,10)(H,11,12);2H,1H3. The first kappa shape index (κ1) is 33.5. The Labute approximate surface area is 222 Å². The highest BCUT2D eigenvalue weighted by Gasteiger charge is 2.08. The number of rotatable bonds is 5. The van der Waals surface area contributed by atoms with E-state index in [0.717, 1.165) is 7.11 Å². The van der Waals surface area contributed by atoms with E-state index in [9.17, 15) is 19.2 Å². The third kappa shape index (κ3) is 12.0. The molecule has 0 amide bonds. The molecule has 0 saturated heterocycles. The number of hydrogen-bond acceptors (Lipinski definition) is 7. The normalized spacial score (nSPS) is 9.26. The lowest BCUT2D eigenvalue weighted by atomic mass is 10.0. The van der Waals surface area contributed by atoms with E-state index in [1.165, 1.54) is 73.9 Å². The molecule has 0 fully saturated rings. The second kappa shape index (κ2) is 17.9. The summed E-state index contributed by atoms with van der Waals surface area (Å²) in [7, 11) is 3.60. The molecule has 0 aliphatic heterocycles. The topological polar surface area (TPSA) is 147 Å². The summed E-state index contributed by atoms with van der Waals surface area (Å²) in [6.07, 6.45) is 0. The summed E-state index contributed by atoms with van der Waals surface area (Å²) in [5.41, 5.74) is 3.73. The van der Waals surface area contributed by atoms with Crippen molar-refractivity contribution in [2.24, 2.45) is 0 Å². The summed E-state index contributed by atoms with van der Waals surface area (Å²) in [5.74, 6) is -2.33. The Kier molecular flexibility index (Phi) is 15.7. The number of aromatic carboxylic acids is 2. The van der Waals surface area contributed by atoms with Gasteiger partial charge < -0.3 is 24.8 Å². The molecule has 9 heteroatoms. The van der Waals surface area contributed by atoms with Crippen molar-refractivity contribution in [3.8, 4) is 0 Å². The number of esters is 2. The summed E-state index contributed by atoms with van der Waals surface area (Å²) in [6.45, 7) is 6.54. The number of benzene rings is 3. The van der Waals surface area contributed by atoms with Crippen molar-refractivity contribution in [3.63, 3.8) is 0 Å². The molecule has 0 aliphatic carbocycles. The second-order valence-corrected chi connectivity index (χ2v) is 7.81. The van der Waals surface area contributed by atoms with Gasteiger partial charge in [0, 0.05) is 7.11 Å². The SMILES string of the molecule is CO.COC(=O)c1ccc(C(=O)OC)cc1.Cc1ccc(C(C)C)cc1.O=C(O)c1ccc(C(=O)O)cc1. The number of aryl methyl sites for hydroxylation is 1. The number of carboxylic acid groups (broad SMARTS) is 2. The Hall–Kier alpha value is -4.50. The molecule has 0 bridgehead atoms. The molecule has 9 nitrogen and oxygen atoms in total. The molecule has 3 rings (SSSR count). The smallest absolute Gasteiger partial charge is 0.337 e. The molecule has 0 aliphatic rings. The van der Waals surface area contributed by atoms with Crippen LogP contribution in [0.3, 0.4) is 0 Å². The average molecular weight is 527 g/mol. The lowest BCUT2D eigenvalue weighted by molar-refractivity contribution is 0.0586. The predicted molar refractivity (Wildman–Crippen MR) is 143 cm³/mol. The van der Waals surface area contributed by atoms with Crippen LogP contribution < -0.4 is 0 Å². The molecule has 38 heavy (non-hydrogen) atoms. The van der Waals surface area contributed by atoms with E-state index in [2.05, 4.69) is 54.5 Å². The Balaban J connectivity index is 0.000000529. The first-order valence-corrected chi connectivity index (χ1v) is 11.3. The van der Waals surface area contributed by atoms with Gasteiger partial charge in [-0.2, -0.15) is 0 Å². The van der Waals surface area contributed by atoms with Crippen LogP contribution in [-0.2, 0) is 9.47 Å². The van der Waals surface area contributed by atoms with Gasteiger partial charge in [0.25, 0.3) is 0 Å². The lowest BCUT2D eigenvalue weighted by Crippen LogP contribution is -2.04. The van der Waals surface area contributed by atoms with Crippen LogP contribution in [0, 0.1) is 6.92 Å².